The molecule has 0 bridgehead atoms. The summed E-state index contributed by atoms with van der Waals surface area (Å²) in [5.41, 5.74) is 1.50. The number of methoxy groups -OCH3 is 1. The van der Waals surface area contributed by atoms with Crippen LogP contribution >= 0.6 is 0 Å². The summed E-state index contributed by atoms with van der Waals surface area (Å²) in [6.45, 7) is 9.65. The van der Waals surface area contributed by atoms with E-state index in [1.54, 1.807) is 7.11 Å². The fourth-order valence-electron chi connectivity index (χ4n) is 2.94. The summed E-state index contributed by atoms with van der Waals surface area (Å²) in [5.74, 6) is 0.904. The summed E-state index contributed by atoms with van der Waals surface area (Å²) in [5, 5.41) is 3.73. The minimum atomic E-state index is 0.205. The van der Waals surface area contributed by atoms with Crippen LogP contribution in [-0.4, -0.2) is 25.9 Å². The van der Waals surface area contributed by atoms with E-state index in [9.17, 15) is 0 Å². The third kappa shape index (κ3) is 2.99. The van der Waals surface area contributed by atoms with Gasteiger partial charge in [-0.05, 0) is 38.0 Å². The van der Waals surface area contributed by atoms with Gasteiger partial charge in [0.2, 0.25) is 0 Å². The quantitative estimate of drug-likeness (QED) is 0.862. The Morgan fingerprint density at radius 1 is 1.30 bits per heavy atom. The van der Waals surface area contributed by atoms with Gasteiger partial charge >= 0.3 is 0 Å². The van der Waals surface area contributed by atoms with Crippen molar-refractivity contribution in [3.63, 3.8) is 0 Å². The lowest BCUT2D eigenvalue weighted by molar-refractivity contribution is -0.116. The van der Waals surface area contributed by atoms with Crippen molar-refractivity contribution in [2.45, 2.75) is 52.3 Å². The van der Waals surface area contributed by atoms with Crippen LogP contribution in [0.4, 0.5) is 0 Å². The molecule has 1 saturated carbocycles. The van der Waals surface area contributed by atoms with Crippen molar-refractivity contribution in [2.75, 3.05) is 13.7 Å². The minimum Gasteiger partial charge on any atom is -0.497 e. The van der Waals surface area contributed by atoms with Crippen LogP contribution in [0.2, 0.25) is 0 Å². The Kier molecular flexibility index (Phi) is 4.71. The fourth-order valence-corrected chi connectivity index (χ4v) is 2.94. The van der Waals surface area contributed by atoms with Crippen molar-refractivity contribution in [2.24, 2.45) is 5.41 Å². The number of benzene rings is 1. The summed E-state index contributed by atoms with van der Waals surface area (Å²) in [4.78, 5) is 0. The molecule has 0 amide bonds. The zero-order valence-corrected chi connectivity index (χ0v) is 13.3. The highest BCUT2D eigenvalue weighted by Gasteiger charge is 2.49. The van der Waals surface area contributed by atoms with E-state index in [-0.39, 0.29) is 5.41 Å². The van der Waals surface area contributed by atoms with Gasteiger partial charge in [0.25, 0.3) is 0 Å². The minimum absolute atomic E-state index is 0.205. The molecule has 20 heavy (non-hydrogen) atoms. The van der Waals surface area contributed by atoms with Crippen molar-refractivity contribution in [1.82, 2.24) is 5.32 Å². The third-order valence-corrected chi connectivity index (χ3v) is 4.61. The van der Waals surface area contributed by atoms with Crippen molar-refractivity contribution >= 4 is 0 Å². The second-order valence-corrected chi connectivity index (χ2v) is 6.22. The van der Waals surface area contributed by atoms with Gasteiger partial charge in [0.15, 0.2) is 0 Å². The van der Waals surface area contributed by atoms with Crippen LogP contribution in [0.15, 0.2) is 24.3 Å². The van der Waals surface area contributed by atoms with E-state index in [1.807, 2.05) is 12.1 Å². The second kappa shape index (κ2) is 6.15. The third-order valence-electron chi connectivity index (χ3n) is 4.61. The molecule has 112 valence electrons. The number of rotatable bonds is 6. The zero-order chi connectivity index (χ0) is 14.8. The van der Waals surface area contributed by atoms with Gasteiger partial charge in [0.05, 0.1) is 13.2 Å². The Morgan fingerprint density at radius 3 is 2.45 bits per heavy atom. The Bertz CT molecular complexity index is 427. The molecule has 0 radical (unpaired) electrons. The molecule has 1 aliphatic rings. The molecule has 0 spiro atoms. The summed E-state index contributed by atoms with van der Waals surface area (Å²) in [6.07, 6.45) is 1.48. The lowest BCUT2D eigenvalue weighted by Crippen LogP contribution is -2.61. The van der Waals surface area contributed by atoms with E-state index in [1.165, 1.54) is 5.56 Å². The van der Waals surface area contributed by atoms with Gasteiger partial charge in [0, 0.05) is 24.1 Å². The summed E-state index contributed by atoms with van der Waals surface area (Å²) >= 11 is 0. The van der Waals surface area contributed by atoms with Gasteiger partial charge in [0.1, 0.15) is 5.75 Å². The molecule has 0 heterocycles. The van der Waals surface area contributed by atoms with Crippen molar-refractivity contribution in [3.05, 3.63) is 29.8 Å². The SMILES string of the molecule is CCOC1CC(N[C@H](C)c2ccc(OC)cc2)C1(C)C. The van der Waals surface area contributed by atoms with Crippen molar-refractivity contribution in [1.29, 1.82) is 0 Å². The van der Waals surface area contributed by atoms with E-state index >= 15 is 0 Å². The molecule has 0 aliphatic heterocycles. The molecular weight excluding hydrogens is 250 g/mol. The maximum absolute atomic E-state index is 5.78. The lowest BCUT2D eigenvalue weighted by atomic mass is 9.64. The molecular formula is C17H27NO2. The number of ether oxygens (including phenoxy) is 2. The molecule has 3 atom stereocenters. The topological polar surface area (TPSA) is 30.5 Å². The Balaban J connectivity index is 1.93. The molecule has 2 unspecified atom stereocenters. The van der Waals surface area contributed by atoms with Crippen LogP contribution in [0.3, 0.4) is 0 Å². The molecule has 3 heteroatoms. The molecule has 1 aromatic rings. The zero-order valence-electron chi connectivity index (χ0n) is 13.3. The molecule has 2 rings (SSSR count). The smallest absolute Gasteiger partial charge is 0.118 e. The Morgan fingerprint density at radius 2 is 1.95 bits per heavy atom. The first-order chi connectivity index (χ1) is 9.48. The first-order valence-electron chi connectivity index (χ1n) is 7.50. The number of hydrogen-bond acceptors (Lipinski definition) is 3. The van der Waals surface area contributed by atoms with Crippen LogP contribution < -0.4 is 10.1 Å². The van der Waals surface area contributed by atoms with Crippen LogP contribution in [0.25, 0.3) is 0 Å². The molecule has 0 saturated heterocycles. The van der Waals surface area contributed by atoms with Crippen LogP contribution in [0.5, 0.6) is 5.75 Å². The summed E-state index contributed by atoms with van der Waals surface area (Å²) in [6, 6.07) is 9.14. The van der Waals surface area contributed by atoms with Gasteiger partial charge in [-0.15, -0.1) is 0 Å². The Labute approximate surface area is 122 Å². The van der Waals surface area contributed by atoms with E-state index in [0.29, 0.717) is 18.2 Å². The van der Waals surface area contributed by atoms with Crippen LogP contribution in [0.1, 0.15) is 45.7 Å². The van der Waals surface area contributed by atoms with Crippen LogP contribution in [-0.2, 0) is 4.74 Å². The van der Waals surface area contributed by atoms with Crippen molar-refractivity contribution in [3.8, 4) is 5.75 Å². The van der Waals surface area contributed by atoms with E-state index < -0.39 is 0 Å². The average molecular weight is 277 g/mol. The van der Waals surface area contributed by atoms with Gasteiger partial charge < -0.3 is 14.8 Å². The summed E-state index contributed by atoms with van der Waals surface area (Å²) in [7, 11) is 1.70. The predicted octanol–water partition coefficient (Wildman–Crippen LogP) is 3.55. The van der Waals surface area contributed by atoms with Crippen molar-refractivity contribution < 1.29 is 9.47 Å². The normalized spacial score (nSPS) is 25.9. The standard InChI is InChI=1S/C17H27NO2/c1-6-20-16-11-15(17(16,3)4)18-12(2)13-7-9-14(19-5)10-8-13/h7-10,12,15-16,18H,6,11H2,1-5H3/t12-,15?,16?/m1/s1. The van der Waals surface area contributed by atoms with E-state index in [2.05, 4.69) is 45.1 Å². The fraction of sp³-hybridized carbons (Fsp3) is 0.647. The first kappa shape index (κ1) is 15.3. The molecule has 0 aromatic heterocycles. The van der Waals surface area contributed by atoms with Gasteiger partial charge in [-0.3, -0.25) is 0 Å². The van der Waals surface area contributed by atoms with E-state index in [4.69, 9.17) is 9.47 Å². The second-order valence-electron chi connectivity index (χ2n) is 6.22. The lowest BCUT2D eigenvalue weighted by Gasteiger charge is -2.52. The highest BCUT2D eigenvalue weighted by molar-refractivity contribution is 5.29. The van der Waals surface area contributed by atoms with Gasteiger partial charge in [-0.2, -0.15) is 0 Å². The largest absolute Gasteiger partial charge is 0.497 e. The molecule has 1 aromatic carbocycles. The van der Waals surface area contributed by atoms with Gasteiger partial charge in [-0.25, -0.2) is 0 Å². The first-order valence-corrected chi connectivity index (χ1v) is 7.50. The molecule has 1 N–H and O–H groups in total. The predicted molar refractivity (Wildman–Crippen MR) is 82.1 cm³/mol. The van der Waals surface area contributed by atoms with Gasteiger partial charge in [-0.1, -0.05) is 26.0 Å². The monoisotopic (exact) mass is 277 g/mol. The van der Waals surface area contributed by atoms with E-state index in [0.717, 1.165) is 18.8 Å². The molecule has 1 fully saturated rings. The molecule has 1 aliphatic carbocycles. The highest BCUT2D eigenvalue weighted by atomic mass is 16.5. The maximum atomic E-state index is 5.78. The average Bonchev–Trinajstić information content (AvgIpc) is 2.46. The number of hydrogen-bond donors (Lipinski definition) is 1. The highest BCUT2D eigenvalue weighted by Crippen LogP contribution is 2.43. The van der Waals surface area contributed by atoms with Crippen LogP contribution in [0, 0.1) is 5.41 Å². The molecule has 3 nitrogen and oxygen atoms in total. The Hall–Kier alpha value is -1.06. The number of nitrogens with one attached hydrogen (secondary N) is 1. The summed E-state index contributed by atoms with van der Waals surface area (Å²) < 4.78 is 11.0. The maximum Gasteiger partial charge on any atom is 0.118 e.